The number of hydrogen-bond donors (Lipinski definition) is 0. The SMILES string of the molecule is O=C(OCc1ccccc1)N1CCC[C@@H]1[C@@H]1CSC(c2ccccc2)(C2CCCCC2)O1. The summed E-state index contributed by atoms with van der Waals surface area (Å²) in [6.07, 6.45) is 8.19. The van der Waals surface area contributed by atoms with Gasteiger partial charge in [-0.25, -0.2) is 4.79 Å². The van der Waals surface area contributed by atoms with Crippen molar-refractivity contribution in [2.24, 2.45) is 5.92 Å². The van der Waals surface area contributed by atoms with E-state index in [0.717, 1.165) is 30.7 Å². The lowest BCUT2D eigenvalue weighted by molar-refractivity contribution is -0.0791. The van der Waals surface area contributed by atoms with E-state index in [4.69, 9.17) is 9.47 Å². The van der Waals surface area contributed by atoms with Crippen LogP contribution in [0.2, 0.25) is 0 Å². The van der Waals surface area contributed by atoms with Crippen molar-refractivity contribution in [3.63, 3.8) is 0 Å². The summed E-state index contributed by atoms with van der Waals surface area (Å²) < 4.78 is 12.7. The molecule has 2 heterocycles. The molecule has 2 aromatic rings. The highest BCUT2D eigenvalue weighted by Crippen LogP contribution is 2.55. The van der Waals surface area contributed by atoms with Gasteiger partial charge in [-0.2, -0.15) is 0 Å². The minimum Gasteiger partial charge on any atom is -0.445 e. The van der Waals surface area contributed by atoms with Gasteiger partial charge in [0.15, 0.2) is 0 Å². The molecule has 3 fully saturated rings. The maximum absolute atomic E-state index is 13.0. The first kappa shape index (κ1) is 21.8. The van der Waals surface area contributed by atoms with Crippen LogP contribution in [0.25, 0.3) is 0 Å². The summed E-state index contributed by atoms with van der Waals surface area (Å²) in [5.41, 5.74) is 2.31. The third-order valence-electron chi connectivity index (χ3n) is 7.28. The zero-order valence-electron chi connectivity index (χ0n) is 18.7. The number of benzene rings is 2. The van der Waals surface area contributed by atoms with E-state index in [9.17, 15) is 4.79 Å². The largest absolute Gasteiger partial charge is 0.445 e. The molecule has 2 aromatic carbocycles. The Hall–Kier alpha value is -1.98. The van der Waals surface area contributed by atoms with Crippen LogP contribution in [0.15, 0.2) is 60.7 Å². The van der Waals surface area contributed by atoms with Gasteiger partial charge < -0.3 is 14.4 Å². The second-order valence-corrected chi connectivity index (χ2v) is 10.5. The van der Waals surface area contributed by atoms with Crippen molar-refractivity contribution >= 4 is 17.9 Å². The lowest BCUT2D eigenvalue weighted by atomic mass is 9.82. The number of ether oxygens (including phenoxy) is 2. The molecule has 32 heavy (non-hydrogen) atoms. The van der Waals surface area contributed by atoms with Crippen molar-refractivity contribution in [2.45, 2.75) is 68.6 Å². The molecule has 3 atom stereocenters. The molecule has 0 bridgehead atoms. The second kappa shape index (κ2) is 9.88. The van der Waals surface area contributed by atoms with Gasteiger partial charge in [-0.1, -0.05) is 79.9 Å². The number of amides is 1. The molecule has 0 aromatic heterocycles. The van der Waals surface area contributed by atoms with Crippen LogP contribution in [0.1, 0.15) is 56.1 Å². The van der Waals surface area contributed by atoms with Crippen molar-refractivity contribution in [1.29, 1.82) is 0 Å². The van der Waals surface area contributed by atoms with Gasteiger partial charge in [-0.05, 0) is 36.8 Å². The molecular weight excluding hydrogens is 418 g/mol. The molecule has 3 aliphatic rings. The van der Waals surface area contributed by atoms with E-state index in [1.807, 2.05) is 47.0 Å². The van der Waals surface area contributed by atoms with Crippen LogP contribution >= 0.6 is 11.8 Å². The molecule has 1 amide bonds. The van der Waals surface area contributed by atoms with Crippen molar-refractivity contribution in [3.05, 3.63) is 71.8 Å². The lowest BCUT2D eigenvalue weighted by Gasteiger charge is -2.40. The van der Waals surface area contributed by atoms with Crippen LogP contribution < -0.4 is 0 Å². The molecule has 1 aliphatic carbocycles. The van der Waals surface area contributed by atoms with Gasteiger partial charge in [0.1, 0.15) is 11.5 Å². The van der Waals surface area contributed by atoms with E-state index in [1.165, 1.54) is 37.7 Å². The zero-order valence-corrected chi connectivity index (χ0v) is 19.5. The number of hydrogen-bond acceptors (Lipinski definition) is 4. The van der Waals surface area contributed by atoms with E-state index >= 15 is 0 Å². The van der Waals surface area contributed by atoms with Gasteiger partial charge in [0.2, 0.25) is 0 Å². The van der Waals surface area contributed by atoms with Crippen LogP contribution in [0.5, 0.6) is 0 Å². The predicted octanol–water partition coefficient (Wildman–Crippen LogP) is 6.35. The lowest BCUT2D eigenvalue weighted by Crippen LogP contribution is -2.45. The summed E-state index contributed by atoms with van der Waals surface area (Å²) in [4.78, 5) is 14.6. The number of rotatable bonds is 5. The molecule has 1 unspecified atom stereocenters. The van der Waals surface area contributed by atoms with E-state index in [2.05, 4.69) is 30.3 Å². The van der Waals surface area contributed by atoms with Gasteiger partial charge in [-0.15, -0.1) is 11.8 Å². The summed E-state index contributed by atoms with van der Waals surface area (Å²) in [7, 11) is 0. The van der Waals surface area contributed by atoms with Gasteiger partial charge in [0, 0.05) is 18.2 Å². The quantitative estimate of drug-likeness (QED) is 0.531. The Morgan fingerprint density at radius 3 is 2.44 bits per heavy atom. The van der Waals surface area contributed by atoms with Crippen molar-refractivity contribution in [3.8, 4) is 0 Å². The Labute approximate surface area is 195 Å². The molecule has 0 spiro atoms. The summed E-state index contributed by atoms with van der Waals surface area (Å²) in [6.45, 7) is 1.07. The average molecular weight is 452 g/mol. The third kappa shape index (κ3) is 4.42. The van der Waals surface area contributed by atoms with Gasteiger partial charge in [-0.3, -0.25) is 0 Å². The second-order valence-electron chi connectivity index (χ2n) is 9.28. The molecule has 4 nitrogen and oxygen atoms in total. The highest BCUT2D eigenvalue weighted by molar-refractivity contribution is 8.00. The molecule has 2 saturated heterocycles. The number of likely N-dealkylation sites (tertiary alicyclic amines) is 1. The number of carbonyl (C=O) groups is 1. The van der Waals surface area contributed by atoms with E-state index in [0.29, 0.717) is 12.5 Å². The molecule has 5 rings (SSSR count). The average Bonchev–Trinajstić information content (AvgIpc) is 3.53. The van der Waals surface area contributed by atoms with Gasteiger partial charge in [0.25, 0.3) is 0 Å². The maximum atomic E-state index is 13.0. The van der Waals surface area contributed by atoms with Crippen molar-refractivity contribution in [2.75, 3.05) is 12.3 Å². The molecule has 1 saturated carbocycles. The minimum atomic E-state index is -0.283. The normalized spacial score (nSPS) is 28.7. The Balaban J connectivity index is 1.30. The summed E-state index contributed by atoms with van der Waals surface area (Å²) in [6, 6.07) is 20.8. The third-order valence-corrected chi connectivity index (χ3v) is 8.86. The highest BCUT2D eigenvalue weighted by atomic mass is 32.2. The first-order valence-corrected chi connectivity index (χ1v) is 13.1. The van der Waals surface area contributed by atoms with Gasteiger partial charge in [0.05, 0.1) is 12.1 Å². The van der Waals surface area contributed by atoms with Crippen LogP contribution in [0.4, 0.5) is 4.79 Å². The molecular formula is C27H33NO3S. The minimum absolute atomic E-state index is 0.0499. The summed E-state index contributed by atoms with van der Waals surface area (Å²) >= 11 is 1.97. The van der Waals surface area contributed by atoms with Crippen LogP contribution in [-0.2, 0) is 21.0 Å². The van der Waals surface area contributed by atoms with Crippen LogP contribution in [-0.4, -0.2) is 35.4 Å². The smallest absolute Gasteiger partial charge is 0.410 e. The molecule has 170 valence electrons. The maximum Gasteiger partial charge on any atom is 0.410 e. The monoisotopic (exact) mass is 451 g/mol. The fourth-order valence-corrected chi connectivity index (χ4v) is 7.32. The molecule has 5 heteroatoms. The highest BCUT2D eigenvalue weighted by Gasteiger charge is 2.52. The van der Waals surface area contributed by atoms with E-state index in [1.54, 1.807) is 0 Å². The number of carbonyl (C=O) groups excluding carboxylic acids is 1. The zero-order chi connectivity index (χ0) is 21.8. The summed E-state index contributed by atoms with van der Waals surface area (Å²) in [5, 5.41) is 0. The molecule has 0 N–H and O–H groups in total. The standard InChI is InChI=1S/C27H33NO3S/c29-26(30-19-21-11-4-1-5-12-21)28-18-10-17-24(28)25-20-32-27(31-25,22-13-6-2-7-14-22)23-15-8-3-9-16-23/h1-2,4-7,11-14,23-25H,3,8-10,15-20H2/t24-,25+,27?/m1/s1. The Bertz CT molecular complexity index is 886. The van der Waals surface area contributed by atoms with E-state index < -0.39 is 0 Å². The number of nitrogens with zero attached hydrogens (tertiary/aromatic N) is 1. The Morgan fingerprint density at radius 1 is 0.969 bits per heavy atom. The predicted molar refractivity (Wildman–Crippen MR) is 128 cm³/mol. The van der Waals surface area contributed by atoms with Gasteiger partial charge >= 0.3 is 6.09 Å². The van der Waals surface area contributed by atoms with Crippen LogP contribution in [0.3, 0.4) is 0 Å². The Kier molecular flexibility index (Phi) is 6.74. The topological polar surface area (TPSA) is 38.8 Å². The van der Waals surface area contributed by atoms with E-state index in [-0.39, 0.29) is 23.2 Å². The first-order chi connectivity index (χ1) is 15.8. The van der Waals surface area contributed by atoms with Crippen molar-refractivity contribution in [1.82, 2.24) is 4.90 Å². The fraction of sp³-hybridized carbons (Fsp3) is 0.519. The first-order valence-electron chi connectivity index (χ1n) is 12.1. The fourth-order valence-electron chi connectivity index (χ4n) is 5.65. The summed E-state index contributed by atoms with van der Waals surface area (Å²) in [5.74, 6) is 1.46. The molecule has 0 radical (unpaired) electrons. The Morgan fingerprint density at radius 2 is 1.69 bits per heavy atom. The number of thioether (sulfide) groups is 1. The van der Waals surface area contributed by atoms with Crippen LogP contribution in [0, 0.1) is 5.92 Å². The molecule has 2 aliphatic heterocycles. The van der Waals surface area contributed by atoms with Crippen molar-refractivity contribution < 1.29 is 14.3 Å².